The van der Waals surface area contributed by atoms with Crippen molar-refractivity contribution in [2.75, 3.05) is 29.5 Å². The minimum absolute atomic E-state index is 0.0836. The minimum Gasteiger partial charge on any atom is -0.370 e. The van der Waals surface area contributed by atoms with Crippen molar-refractivity contribution in [1.29, 1.82) is 0 Å². The number of benzene rings is 1. The molecule has 0 bridgehead atoms. The van der Waals surface area contributed by atoms with E-state index in [4.69, 9.17) is 5.73 Å². The average molecular weight is 301 g/mol. The summed E-state index contributed by atoms with van der Waals surface area (Å²) >= 11 is 5.63. The van der Waals surface area contributed by atoms with Crippen LogP contribution in [-0.2, 0) is 0 Å². The summed E-state index contributed by atoms with van der Waals surface area (Å²) in [6.45, 7) is 4.31. The van der Waals surface area contributed by atoms with Crippen LogP contribution in [0.15, 0.2) is 22.7 Å². The van der Waals surface area contributed by atoms with Gasteiger partial charge in [-0.05, 0) is 24.6 Å². The van der Waals surface area contributed by atoms with Crippen LogP contribution >= 0.6 is 27.7 Å². The smallest absolute Gasteiger partial charge is 0.0378 e. The number of anilines is 1. The molecule has 2 N–H and O–H groups in total. The first kappa shape index (κ1) is 12.3. The number of hydrogen-bond donors (Lipinski definition) is 1. The standard InChI is InChI=1S/C12H17BrN2S/c1-9(14)11-3-2-10(8-12(11)13)15-4-6-16-7-5-15/h2-3,8-9H,4-7,14H2,1H3/t9-/m1/s1. The number of halogens is 1. The molecule has 1 fully saturated rings. The second-order valence-electron chi connectivity index (χ2n) is 4.09. The number of nitrogens with two attached hydrogens (primary N) is 1. The topological polar surface area (TPSA) is 29.3 Å². The molecular weight excluding hydrogens is 284 g/mol. The van der Waals surface area contributed by atoms with Crippen LogP contribution in [0.5, 0.6) is 0 Å². The highest BCUT2D eigenvalue weighted by molar-refractivity contribution is 9.10. The third-order valence-electron chi connectivity index (χ3n) is 2.85. The van der Waals surface area contributed by atoms with Gasteiger partial charge in [-0.15, -0.1) is 0 Å². The Bertz CT molecular complexity index is 362. The van der Waals surface area contributed by atoms with Crippen molar-refractivity contribution < 1.29 is 0 Å². The van der Waals surface area contributed by atoms with Crippen LogP contribution in [-0.4, -0.2) is 24.6 Å². The SMILES string of the molecule is C[C@@H](N)c1ccc(N2CCSCC2)cc1Br. The first-order valence-corrected chi connectivity index (χ1v) is 7.51. The second-order valence-corrected chi connectivity index (χ2v) is 6.17. The maximum Gasteiger partial charge on any atom is 0.0378 e. The van der Waals surface area contributed by atoms with Crippen molar-refractivity contribution in [3.05, 3.63) is 28.2 Å². The summed E-state index contributed by atoms with van der Waals surface area (Å²) in [4.78, 5) is 2.44. The van der Waals surface area contributed by atoms with Crippen molar-refractivity contribution in [3.8, 4) is 0 Å². The molecule has 0 saturated carbocycles. The normalized spacial score (nSPS) is 18.6. The van der Waals surface area contributed by atoms with Gasteiger partial charge < -0.3 is 10.6 Å². The van der Waals surface area contributed by atoms with Crippen LogP contribution in [0.3, 0.4) is 0 Å². The van der Waals surface area contributed by atoms with Crippen molar-refractivity contribution in [2.24, 2.45) is 5.73 Å². The predicted molar refractivity (Wildman–Crippen MR) is 76.3 cm³/mol. The summed E-state index contributed by atoms with van der Waals surface area (Å²) in [5.41, 5.74) is 8.37. The minimum atomic E-state index is 0.0836. The molecule has 1 aromatic rings. The summed E-state index contributed by atoms with van der Waals surface area (Å²) in [5, 5.41) is 0. The molecule has 16 heavy (non-hydrogen) atoms. The number of hydrogen-bond acceptors (Lipinski definition) is 3. The van der Waals surface area contributed by atoms with E-state index >= 15 is 0 Å². The van der Waals surface area contributed by atoms with Crippen molar-refractivity contribution in [2.45, 2.75) is 13.0 Å². The Morgan fingerprint density at radius 1 is 1.38 bits per heavy atom. The van der Waals surface area contributed by atoms with Crippen LogP contribution in [0.1, 0.15) is 18.5 Å². The van der Waals surface area contributed by atoms with Crippen LogP contribution in [0.2, 0.25) is 0 Å². The van der Waals surface area contributed by atoms with E-state index in [2.05, 4.69) is 39.0 Å². The lowest BCUT2D eigenvalue weighted by Gasteiger charge is -2.29. The van der Waals surface area contributed by atoms with E-state index in [9.17, 15) is 0 Å². The number of nitrogens with zero attached hydrogens (tertiary/aromatic N) is 1. The molecular formula is C12H17BrN2S. The van der Waals surface area contributed by atoms with Crippen LogP contribution in [0, 0.1) is 0 Å². The molecule has 1 heterocycles. The first-order valence-electron chi connectivity index (χ1n) is 5.56. The van der Waals surface area contributed by atoms with Crippen LogP contribution < -0.4 is 10.6 Å². The maximum absolute atomic E-state index is 5.90. The molecule has 88 valence electrons. The summed E-state index contributed by atoms with van der Waals surface area (Å²) in [7, 11) is 0. The number of thioether (sulfide) groups is 1. The predicted octanol–water partition coefficient (Wildman–Crippen LogP) is 3.02. The Hall–Kier alpha value is -0.190. The Morgan fingerprint density at radius 2 is 2.06 bits per heavy atom. The molecule has 1 aromatic carbocycles. The molecule has 1 atom stereocenters. The lowest BCUT2D eigenvalue weighted by Crippen LogP contribution is -2.32. The molecule has 2 nitrogen and oxygen atoms in total. The van der Waals surface area contributed by atoms with Gasteiger partial charge in [-0.2, -0.15) is 11.8 Å². The molecule has 2 rings (SSSR count). The molecule has 0 amide bonds. The summed E-state index contributed by atoms with van der Waals surface area (Å²) < 4.78 is 1.12. The number of rotatable bonds is 2. The average Bonchev–Trinajstić information content (AvgIpc) is 2.29. The van der Waals surface area contributed by atoms with Crippen LogP contribution in [0.4, 0.5) is 5.69 Å². The molecule has 0 unspecified atom stereocenters. The van der Waals surface area contributed by atoms with Gasteiger partial charge in [-0.1, -0.05) is 22.0 Å². The molecule has 0 aliphatic carbocycles. The fraction of sp³-hybridized carbons (Fsp3) is 0.500. The van der Waals surface area contributed by atoms with Gasteiger partial charge in [0.25, 0.3) is 0 Å². The van der Waals surface area contributed by atoms with Gasteiger partial charge in [0.1, 0.15) is 0 Å². The Labute approximate surface area is 110 Å². The summed E-state index contributed by atoms with van der Waals surface area (Å²) in [6.07, 6.45) is 0. The third-order valence-corrected chi connectivity index (χ3v) is 4.48. The van der Waals surface area contributed by atoms with E-state index < -0.39 is 0 Å². The molecule has 1 aliphatic rings. The quantitative estimate of drug-likeness (QED) is 0.910. The Balaban J connectivity index is 2.19. The second kappa shape index (κ2) is 5.43. The lowest BCUT2D eigenvalue weighted by molar-refractivity contribution is 0.809. The molecule has 0 aromatic heterocycles. The molecule has 0 radical (unpaired) electrons. The summed E-state index contributed by atoms with van der Waals surface area (Å²) in [5.74, 6) is 2.46. The van der Waals surface area contributed by atoms with E-state index in [1.165, 1.54) is 22.8 Å². The molecule has 4 heteroatoms. The Morgan fingerprint density at radius 3 is 2.62 bits per heavy atom. The van der Waals surface area contributed by atoms with Crippen LogP contribution in [0.25, 0.3) is 0 Å². The van der Waals surface area contributed by atoms with Crippen molar-refractivity contribution in [3.63, 3.8) is 0 Å². The highest BCUT2D eigenvalue weighted by Crippen LogP contribution is 2.28. The highest BCUT2D eigenvalue weighted by Gasteiger charge is 2.13. The summed E-state index contributed by atoms with van der Waals surface area (Å²) in [6, 6.07) is 6.58. The van der Waals surface area contributed by atoms with Gasteiger partial charge in [-0.3, -0.25) is 0 Å². The zero-order valence-corrected chi connectivity index (χ0v) is 11.9. The third kappa shape index (κ3) is 2.73. The zero-order valence-electron chi connectivity index (χ0n) is 9.45. The molecule has 1 aliphatic heterocycles. The molecule has 0 spiro atoms. The van der Waals surface area contributed by atoms with Crippen molar-refractivity contribution >= 4 is 33.4 Å². The van der Waals surface area contributed by atoms with Crippen molar-refractivity contribution in [1.82, 2.24) is 0 Å². The lowest BCUT2D eigenvalue weighted by atomic mass is 10.1. The maximum atomic E-state index is 5.90. The van der Waals surface area contributed by atoms with Gasteiger partial charge in [0, 0.05) is 40.8 Å². The highest BCUT2D eigenvalue weighted by atomic mass is 79.9. The van der Waals surface area contributed by atoms with Gasteiger partial charge in [-0.25, -0.2) is 0 Å². The van der Waals surface area contributed by atoms with E-state index in [1.807, 2.05) is 18.7 Å². The fourth-order valence-corrected chi connectivity index (χ4v) is 3.53. The van der Waals surface area contributed by atoms with Gasteiger partial charge in [0.15, 0.2) is 0 Å². The van der Waals surface area contributed by atoms with Gasteiger partial charge in [0.05, 0.1) is 0 Å². The van der Waals surface area contributed by atoms with Gasteiger partial charge in [0.2, 0.25) is 0 Å². The van der Waals surface area contributed by atoms with E-state index in [1.54, 1.807) is 0 Å². The van der Waals surface area contributed by atoms with E-state index in [0.29, 0.717) is 0 Å². The monoisotopic (exact) mass is 300 g/mol. The van der Waals surface area contributed by atoms with E-state index in [0.717, 1.165) is 17.6 Å². The van der Waals surface area contributed by atoms with E-state index in [-0.39, 0.29) is 6.04 Å². The largest absolute Gasteiger partial charge is 0.370 e. The first-order chi connectivity index (χ1) is 7.68. The molecule has 1 saturated heterocycles. The zero-order chi connectivity index (χ0) is 11.5. The Kier molecular flexibility index (Phi) is 4.16. The van der Waals surface area contributed by atoms with Gasteiger partial charge >= 0.3 is 0 Å². The fourth-order valence-electron chi connectivity index (χ4n) is 1.90.